The highest BCUT2D eigenvalue weighted by molar-refractivity contribution is 5.89. The molecule has 3 aromatic carbocycles. The largest absolute Gasteiger partial charge is 0.338 e. The molecule has 134 valence electrons. The Bertz CT molecular complexity index is 1100. The van der Waals surface area contributed by atoms with E-state index >= 15 is 0 Å². The van der Waals surface area contributed by atoms with Gasteiger partial charge in [0.15, 0.2) is 0 Å². The molecule has 0 fully saturated rings. The Morgan fingerprint density at radius 3 is 2.37 bits per heavy atom. The molecule has 1 N–H and O–H groups in total. The fourth-order valence-electron chi connectivity index (χ4n) is 3.64. The maximum Gasteiger partial charge on any atom is 0.131 e. The van der Waals surface area contributed by atoms with Crippen LogP contribution in [0.1, 0.15) is 35.0 Å². The minimum Gasteiger partial charge on any atom is -0.338 e. The van der Waals surface area contributed by atoms with Crippen LogP contribution < -0.4 is 0 Å². The van der Waals surface area contributed by atoms with Crippen molar-refractivity contribution in [3.05, 3.63) is 88.7 Å². The number of H-pyrrole nitrogens is 1. The van der Waals surface area contributed by atoms with E-state index in [9.17, 15) is 0 Å². The van der Waals surface area contributed by atoms with Gasteiger partial charge >= 0.3 is 0 Å². The zero-order chi connectivity index (χ0) is 18.8. The van der Waals surface area contributed by atoms with Crippen LogP contribution >= 0.6 is 0 Å². The van der Waals surface area contributed by atoms with Crippen molar-refractivity contribution < 1.29 is 0 Å². The molecular weight excluding hydrogens is 328 g/mol. The molecule has 2 heteroatoms. The first-order valence-electron chi connectivity index (χ1n) is 9.48. The summed E-state index contributed by atoms with van der Waals surface area (Å²) in [6.45, 7) is 6.50. The summed E-state index contributed by atoms with van der Waals surface area (Å²) in [6, 6.07) is 21.4. The molecule has 27 heavy (non-hydrogen) atoms. The second-order valence-corrected chi connectivity index (χ2v) is 7.01. The number of imidazole rings is 1. The number of aromatic nitrogens is 2. The van der Waals surface area contributed by atoms with Crippen molar-refractivity contribution in [1.82, 2.24) is 9.97 Å². The number of aromatic amines is 1. The molecule has 0 saturated heterocycles. The minimum atomic E-state index is 0.890. The van der Waals surface area contributed by atoms with E-state index in [1.165, 1.54) is 33.4 Å². The first-order valence-corrected chi connectivity index (χ1v) is 9.48. The van der Waals surface area contributed by atoms with Crippen LogP contribution in [0.5, 0.6) is 0 Å². The Hall–Kier alpha value is -3.13. The molecule has 0 spiro atoms. The normalized spacial score (nSPS) is 11.5. The third-order valence-electron chi connectivity index (χ3n) is 5.12. The van der Waals surface area contributed by atoms with E-state index in [1.807, 2.05) is 0 Å². The van der Waals surface area contributed by atoms with Gasteiger partial charge in [0.1, 0.15) is 5.82 Å². The fourth-order valence-corrected chi connectivity index (χ4v) is 3.64. The first kappa shape index (κ1) is 17.3. The summed E-state index contributed by atoms with van der Waals surface area (Å²) in [4.78, 5) is 8.33. The highest BCUT2D eigenvalue weighted by atomic mass is 14.9. The molecule has 0 aliphatic rings. The number of fused-ring (bicyclic) bond motifs is 1. The van der Waals surface area contributed by atoms with Crippen molar-refractivity contribution in [2.24, 2.45) is 0 Å². The lowest BCUT2D eigenvalue weighted by molar-refractivity contribution is 1.12. The number of aryl methyl sites for hydroxylation is 2. The Balaban J connectivity index is 1.78. The molecular formula is C25H24N2. The summed E-state index contributed by atoms with van der Waals surface area (Å²) in [6.07, 6.45) is 5.15. The van der Waals surface area contributed by atoms with Gasteiger partial charge in [-0.25, -0.2) is 4.98 Å². The van der Waals surface area contributed by atoms with Gasteiger partial charge in [0.05, 0.1) is 11.0 Å². The van der Waals surface area contributed by atoms with Gasteiger partial charge in [-0.15, -0.1) is 0 Å². The van der Waals surface area contributed by atoms with Crippen LogP contribution in [0.25, 0.3) is 34.3 Å². The minimum absolute atomic E-state index is 0.890. The summed E-state index contributed by atoms with van der Waals surface area (Å²) < 4.78 is 0. The summed E-state index contributed by atoms with van der Waals surface area (Å²) in [5.74, 6) is 0.890. The second kappa shape index (κ2) is 7.24. The SMILES string of the molecule is CCc1c(-c2ccccc2)cc2[nH]c(C=Cc3ccc(C)cc3)nc2c1C. The molecule has 0 aliphatic heterocycles. The molecule has 1 aromatic heterocycles. The lowest BCUT2D eigenvalue weighted by Gasteiger charge is -2.12. The standard InChI is InChI=1S/C25H24N2/c1-4-21-18(3)25-23(16-22(21)20-8-6-5-7-9-20)26-24(27-25)15-14-19-12-10-17(2)11-13-19/h5-16H,4H2,1-3H3,(H,26,27). The average Bonchev–Trinajstić information content (AvgIpc) is 3.11. The number of nitrogens with one attached hydrogen (secondary N) is 1. The predicted molar refractivity (Wildman–Crippen MR) is 116 cm³/mol. The number of hydrogen-bond donors (Lipinski definition) is 1. The van der Waals surface area contributed by atoms with E-state index in [0.717, 1.165) is 23.3 Å². The van der Waals surface area contributed by atoms with Crippen LogP contribution in [0.2, 0.25) is 0 Å². The Morgan fingerprint density at radius 1 is 0.926 bits per heavy atom. The van der Waals surface area contributed by atoms with Crippen molar-refractivity contribution in [3.63, 3.8) is 0 Å². The lowest BCUT2D eigenvalue weighted by atomic mass is 9.93. The zero-order valence-corrected chi connectivity index (χ0v) is 16.1. The maximum absolute atomic E-state index is 4.85. The van der Waals surface area contributed by atoms with Gasteiger partial charge in [0.25, 0.3) is 0 Å². The van der Waals surface area contributed by atoms with Crippen molar-refractivity contribution >= 4 is 23.2 Å². The van der Waals surface area contributed by atoms with Gasteiger partial charge in [-0.3, -0.25) is 0 Å². The van der Waals surface area contributed by atoms with Crippen LogP contribution in [-0.2, 0) is 6.42 Å². The van der Waals surface area contributed by atoms with E-state index < -0.39 is 0 Å². The van der Waals surface area contributed by atoms with Crippen molar-refractivity contribution in [3.8, 4) is 11.1 Å². The lowest BCUT2D eigenvalue weighted by Crippen LogP contribution is -1.93. The van der Waals surface area contributed by atoms with Crippen LogP contribution in [0.3, 0.4) is 0 Å². The molecule has 0 radical (unpaired) electrons. The first-order chi connectivity index (χ1) is 13.2. The fraction of sp³-hybridized carbons (Fsp3) is 0.160. The van der Waals surface area contributed by atoms with Gasteiger partial charge in [-0.2, -0.15) is 0 Å². The third-order valence-corrected chi connectivity index (χ3v) is 5.12. The summed E-state index contributed by atoms with van der Waals surface area (Å²) in [5.41, 5.74) is 9.78. The Kier molecular flexibility index (Phi) is 4.64. The molecule has 0 amide bonds. The monoisotopic (exact) mass is 352 g/mol. The molecule has 0 atom stereocenters. The van der Waals surface area contributed by atoms with E-state index in [1.54, 1.807) is 0 Å². The van der Waals surface area contributed by atoms with Crippen LogP contribution in [0, 0.1) is 13.8 Å². The number of rotatable bonds is 4. The highest BCUT2D eigenvalue weighted by Crippen LogP contribution is 2.32. The van der Waals surface area contributed by atoms with Gasteiger partial charge in [-0.1, -0.05) is 73.2 Å². The van der Waals surface area contributed by atoms with E-state index in [-0.39, 0.29) is 0 Å². The van der Waals surface area contributed by atoms with E-state index in [4.69, 9.17) is 4.98 Å². The number of nitrogens with zero attached hydrogens (tertiary/aromatic N) is 1. The molecule has 1 heterocycles. The van der Waals surface area contributed by atoms with Crippen molar-refractivity contribution in [2.75, 3.05) is 0 Å². The number of benzene rings is 3. The van der Waals surface area contributed by atoms with Gasteiger partial charge < -0.3 is 4.98 Å². The molecule has 0 bridgehead atoms. The molecule has 0 aliphatic carbocycles. The molecule has 4 aromatic rings. The Labute approximate surface area is 160 Å². The molecule has 0 saturated carbocycles. The third kappa shape index (κ3) is 3.43. The summed E-state index contributed by atoms with van der Waals surface area (Å²) in [5, 5.41) is 0. The molecule has 4 rings (SSSR count). The Morgan fingerprint density at radius 2 is 1.67 bits per heavy atom. The van der Waals surface area contributed by atoms with Crippen LogP contribution in [-0.4, -0.2) is 9.97 Å². The smallest absolute Gasteiger partial charge is 0.131 e. The van der Waals surface area contributed by atoms with E-state index in [0.29, 0.717) is 0 Å². The average molecular weight is 352 g/mol. The van der Waals surface area contributed by atoms with Crippen molar-refractivity contribution in [1.29, 1.82) is 0 Å². The quantitative estimate of drug-likeness (QED) is 0.441. The summed E-state index contributed by atoms with van der Waals surface area (Å²) >= 11 is 0. The van der Waals surface area contributed by atoms with Gasteiger partial charge in [0.2, 0.25) is 0 Å². The topological polar surface area (TPSA) is 28.7 Å². The van der Waals surface area contributed by atoms with Gasteiger partial charge in [-0.05, 0) is 60.2 Å². The molecule has 2 nitrogen and oxygen atoms in total. The second-order valence-electron chi connectivity index (χ2n) is 7.01. The van der Waals surface area contributed by atoms with Gasteiger partial charge in [0, 0.05) is 0 Å². The molecule has 0 unspecified atom stereocenters. The summed E-state index contributed by atoms with van der Waals surface area (Å²) in [7, 11) is 0. The van der Waals surface area contributed by atoms with E-state index in [2.05, 4.69) is 98.6 Å². The van der Waals surface area contributed by atoms with Crippen LogP contribution in [0.4, 0.5) is 0 Å². The van der Waals surface area contributed by atoms with Crippen LogP contribution in [0.15, 0.2) is 60.7 Å². The number of hydrogen-bond acceptors (Lipinski definition) is 1. The maximum atomic E-state index is 4.85. The highest BCUT2D eigenvalue weighted by Gasteiger charge is 2.13. The zero-order valence-electron chi connectivity index (χ0n) is 16.1. The predicted octanol–water partition coefficient (Wildman–Crippen LogP) is 6.58. The van der Waals surface area contributed by atoms with Crippen molar-refractivity contribution in [2.45, 2.75) is 27.2 Å².